The predicted molar refractivity (Wildman–Crippen MR) is 84.6 cm³/mol. The summed E-state index contributed by atoms with van der Waals surface area (Å²) in [5, 5.41) is 3.57. The van der Waals surface area contributed by atoms with Crippen LogP contribution in [0.1, 0.15) is 17.0 Å². The van der Waals surface area contributed by atoms with Crippen molar-refractivity contribution in [3.05, 3.63) is 59.7 Å². The number of nitrogens with one attached hydrogen (secondary N) is 1. The molecule has 1 heterocycles. The third kappa shape index (κ3) is 3.00. The van der Waals surface area contributed by atoms with Gasteiger partial charge in [0.05, 0.1) is 7.11 Å². The second-order valence-corrected chi connectivity index (χ2v) is 6.09. The standard InChI is InChI=1S/C17H19NOS/c1-19-15-6-4-5-13(9-15)10-18-11-14-12-20-17-8-3-2-7-16(14)17/h2-9,14,18H,10-12H2,1H3. The van der Waals surface area contributed by atoms with Gasteiger partial charge < -0.3 is 10.1 Å². The highest BCUT2D eigenvalue weighted by Gasteiger charge is 2.21. The van der Waals surface area contributed by atoms with Crippen molar-refractivity contribution in [2.24, 2.45) is 0 Å². The number of methoxy groups -OCH3 is 1. The predicted octanol–water partition coefficient (Wildman–Crippen LogP) is 3.67. The molecule has 1 aliphatic rings. The molecule has 0 amide bonds. The topological polar surface area (TPSA) is 21.3 Å². The van der Waals surface area contributed by atoms with Gasteiger partial charge in [-0.2, -0.15) is 0 Å². The average molecular weight is 285 g/mol. The maximum absolute atomic E-state index is 5.25. The van der Waals surface area contributed by atoms with Gasteiger partial charge in [-0.1, -0.05) is 30.3 Å². The van der Waals surface area contributed by atoms with Crippen molar-refractivity contribution in [2.45, 2.75) is 17.4 Å². The molecule has 2 aromatic rings. The molecule has 2 aromatic carbocycles. The molecule has 2 nitrogen and oxygen atoms in total. The highest BCUT2D eigenvalue weighted by atomic mass is 32.2. The van der Waals surface area contributed by atoms with Crippen molar-refractivity contribution in [3.8, 4) is 5.75 Å². The highest BCUT2D eigenvalue weighted by Crippen LogP contribution is 2.38. The van der Waals surface area contributed by atoms with Crippen molar-refractivity contribution in [1.29, 1.82) is 0 Å². The molecule has 0 aromatic heterocycles. The van der Waals surface area contributed by atoms with Crippen molar-refractivity contribution in [1.82, 2.24) is 5.32 Å². The van der Waals surface area contributed by atoms with E-state index in [4.69, 9.17) is 4.74 Å². The van der Waals surface area contributed by atoms with Crippen LogP contribution in [0.4, 0.5) is 0 Å². The lowest BCUT2D eigenvalue weighted by molar-refractivity contribution is 0.414. The number of ether oxygens (including phenoxy) is 1. The summed E-state index contributed by atoms with van der Waals surface area (Å²) in [6.45, 7) is 1.92. The fourth-order valence-electron chi connectivity index (χ4n) is 2.57. The Balaban J connectivity index is 1.56. The molecule has 1 unspecified atom stereocenters. The first-order valence-corrected chi connectivity index (χ1v) is 7.91. The smallest absolute Gasteiger partial charge is 0.119 e. The molecule has 1 aliphatic heterocycles. The summed E-state index contributed by atoms with van der Waals surface area (Å²) in [6.07, 6.45) is 0. The van der Waals surface area contributed by atoms with Crippen LogP contribution in [0.5, 0.6) is 5.75 Å². The molecule has 20 heavy (non-hydrogen) atoms. The summed E-state index contributed by atoms with van der Waals surface area (Å²) in [6, 6.07) is 17.0. The summed E-state index contributed by atoms with van der Waals surface area (Å²) in [4.78, 5) is 1.45. The minimum absolute atomic E-state index is 0.627. The van der Waals surface area contributed by atoms with Gasteiger partial charge in [0.1, 0.15) is 5.75 Å². The second kappa shape index (κ2) is 6.33. The zero-order valence-electron chi connectivity index (χ0n) is 11.6. The number of benzene rings is 2. The number of hydrogen-bond donors (Lipinski definition) is 1. The lowest BCUT2D eigenvalue weighted by Crippen LogP contribution is -2.21. The molecule has 3 rings (SSSR count). The fourth-order valence-corrected chi connectivity index (χ4v) is 3.83. The molecule has 0 bridgehead atoms. The van der Waals surface area contributed by atoms with Gasteiger partial charge >= 0.3 is 0 Å². The van der Waals surface area contributed by atoms with E-state index in [-0.39, 0.29) is 0 Å². The molecular formula is C17H19NOS. The monoisotopic (exact) mass is 285 g/mol. The second-order valence-electron chi connectivity index (χ2n) is 5.03. The lowest BCUT2D eigenvalue weighted by atomic mass is 10.0. The number of hydrogen-bond acceptors (Lipinski definition) is 3. The Morgan fingerprint density at radius 1 is 1.20 bits per heavy atom. The normalized spacial score (nSPS) is 16.9. The van der Waals surface area contributed by atoms with E-state index in [9.17, 15) is 0 Å². The van der Waals surface area contributed by atoms with Crippen LogP contribution in [0.25, 0.3) is 0 Å². The average Bonchev–Trinajstić information content (AvgIpc) is 2.91. The van der Waals surface area contributed by atoms with Crippen molar-refractivity contribution >= 4 is 11.8 Å². The third-order valence-corrected chi connectivity index (χ3v) is 4.90. The van der Waals surface area contributed by atoms with E-state index in [1.165, 1.54) is 21.8 Å². The lowest BCUT2D eigenvalue weighted by Gasteiger charge is -2.12. The molecule has 0 saturated heterocycles. The largest absolute Gasteiger partial charge is 0.497 e. The van der Waals surface area contributed by atoms with Crippen molar-refractivity contribution in [2.75, 3.05) is 19.4 Å². The molecule has 0 aliphatic carbocycles. The Morgan fingerprint density at radius 3 is 3.00 bits per heavy atom. The van der Waals surface area contributed by atoms with Gasteiger partial charge in [0.2, 0.25) is 0 Å². The molecule has 1 N–H and O–H groups in total. The first-order chi connectivity index (χ1) is 9.86. The van der Waals surface area contributed by atoms with Gasteiger partial charge in [-0.15, -0.1) is 11.8 Å². The number of thioether (sulfide) groups is 1. The van der Waals surface area contributed by atoms with Crippen LogP contribution < -0.4 is 10.1 Å². The summed E-state index contributed by atoms with van der Waals surface area (Å²) < 4.78 is 5.25. The maximum Gasteiger partial charge on any atom is 0.119 e. The number of fused-ring (bicyclic) bond motifs is 1. The van der Waals surface area contributed by atoms with Crippen molar-refractivity contribution in [3.63, 3.8) is 0 Å². The molecule has 1 atom stereocenters. The summed E-state index contributed by atoms with van der Waals surface area (Å²) in [5.41, 5.74) is 2.76. The fraction of sp³-hybridized carbons (Fsp3) is 0.294. The Labute approximate surface area is 124 Å². The van der Waals surface area contributed by atoms with E-state index >= 15 is 0 Å². The van der Waals surface area contributed by atoms with Gasteiger partial charge in [0.25, 0.3) is 0 Å². The quantitative estimate of drug-likeness (QED) is 0.905. The van der Waals surface area contributed by atoms with Crippen LogP contribution in [0.15, 0.2) is 53.4 Å². The van der Waals surface area contributed by atoms with Gasteiger partial charge in [-0.25, -0.2) is 0 Å². The van der Waals surface area contributed by atoms with Gasteiger partial charge in [-0.05, 0) is 29.3 Å². The maximum atomic E-state index is 5.25. The van der Waals surface area contributed by atoms with E-state index in [1.54, 1.807) is 7.11 Å². The zero-order valence-corrected chi connectivity index (χ0v) is 12.5. The SMILES string of the molecule is COc1cccc(CNCC2CSc3ccccc32)c1. The van der Waals surface area contributed by atoms with E-state index in [2.05, 4.69) is 41.7 Å². The summed E-state index contributed by atoms with van der Waals surface area (Å²) in [5.74, 6) is 2.73. The van der Waals surface area contributed by atoms with Crippen LogP contribution >= 0.6 is 11.8 Å². The van der Waals surface area contributed by atoms with E-state index < -0.39 is 0 Å². The van der Waals surface area contributed by atoms with E-state index in [0.29, 0.717) is 5.92 Å². The molecule has 0 radical (unpaired) electrons. The molecule has 0 spiro atoms. The van der Waals surface area contributed by atoms with Crippen LogP contribution in [0.2, 0.25) is 0 Å². The Bertz CT molecular complexity index is 585. The first kappa shape index (κ1) is 13.5. The van der Waals surface area contributed by atoms with Crippen LogP contribution in [-0.4, -0.2) is 19.4 Å². The van der Waals surface area contributed by atoms with Crippen molar-refractivity contribution < 1.29 is 4.74 Å². The van der Waals surface area contributed by atoms with E-state index in [0.717, 1.165) is 18.8 Å². The minimum atomic E-state index is 0.627. The van der Waals surface area contributed by atoms with Crippen LogP contribution in [0.3, 0.4) is 0 Å². The number of rotatable bonds is 5. The minimum Gasteiger partial charge on any atom is -0.497 e. The molecular weight excluding hydrogens is 266 g/mol. The zero-order chi connectivity index (χ0) is 13.8. The van der Waals surface area contributed by atoms with E-state index in [1.807, 2.05) is 23.9 Å². The van der Waals surface area contributed by atoms with Crippen LogP contribution in [0, 0.1) is 0 Å². The highest BCUT2D eigenvalue weighted by molar-refractivity contribution is 7.99. The summed E-state index contributed by atoms with van der Waals surface area (Å²) in [7, 11) is 1.71. The molecule has 3 heteroatoms. The first-order valence-electron chi connectivity index (χ1n) is 6.92. The molecule has 0 saturated carbocycles. The Hall–Kier alpha value is -1.45. The summed E-state index contributed by atoms with van der Waals surface area (Å²) >= 11 is 1.97. The molecule has 0 fully saturated rings. The third-order valence-electron chi connectivity index (χ3n) is 3.65. The van der Waals surface area contributed by atoms with Gasteiger partial charge in [0.15, 0.2) is 0 Å². The Kier molecular flexibility index (Phi) is 4.28. The molecule has 104 valence electrons. The Morgan fingerprint density at radius 2 is 2.10 bits per heavy atom. The van der Waals surface area contributed by atoms with Crippen LogP contribution in [-0.2, 0) is 6.54 Å². The van der Waals surface area contributed by atoms with Gasteiger partial charge in [0, 0.05) is 29.7 Å². The van der Waals surface area contributed by atoms with Gasteiger partial charge in [-0.3, -0.25) is 0 Å².